The molecule has 8 nitrogen and oxygen atoms in total. The highest BCUT2D eigenvalue weighted by atomic mass is 16.6. The van der Waals surface area contributed by atoms with Gasteiger partial charge in [0.25, 0.3) is 11.6 Å². The topological polar surface area (TPSA) is 128 Å². The number of nitriles is 1. The number of hydrogen-bond acceptors (Lipinski definition) is 6. The first-order valence-electron chi connectivity index (χ1n) is 7.08. The van der Waals surface area contributed by atoms with Crippen LogP contribution in [0.3, 0.4) is 0 Å². The number of unbranched alkanes of at least 4 members (excludes halogenated alkanes) is 2. The van der Waals surface area contributed by atoms with Crippen molar-refractivity contribution in [2.45, 2.75) is 19.3 Å². The Bertz CT molecular complexity index is 622. The molecule has 0 aliphatic carbocycles. The zero-order valence-electron chi connectivity index (χ0n) is 12.5. The number of nitrogens with one attached hydrogen (secondary N) is 2. The molecule has 3 N–H and O–H groups in total. The standard InChI is InChI=1S/C15H18N4O4/c16-10-12(11-17-7-2-1-3-8-20)15(21)18-13-5-4-6-14(9-13)19(22)23/h4-6,9,11,17,20H,1-3,7-8H2,(H,18,21)/b12-11-. The second-order valence-corrected chi connectivity index (χ2v) is 4.67. The third-order valence-electron chi connectivity index (χ3n) is 2.91. The van der Waals surface area contributed by atoms with Gasteiger partial charge in [0.1, 0.15) is 11.6 Å². The van der Waals surface area contributed by atoms with E-state index in [-0.39, 0.29) is 23.6 Å². The fourth-order valence-corrected chi connectivity index (χ4v) is 1.73. The minimum absolute atomic E-state index is 0.126. The Morgan fingerprint density at radius 3 is 2.83 bits per heavy atom. The summed E-state index contributed by atoms with van der Waals surface area (Å²) in [7, 11) is 0. The molecule has 0 fully saturated rings. The molecule has 0 atom stereocenters. The predicted octanol–water partition coefficient (Wildman–Crippen LogP) is 1.69. The zero-order chi connectivity index (χ0) is 17.1. The second kappa shape index (κ2) is 9.92. The molecule has 0 unspecified atom stereocenters. The Balaban J connectivity index is 2.58. The van der Waals surface area contributed by atoms with E-state index in [0.717, 1.165) is 12.8 Å². The molecule has 0 aliphatic heterocycles. The first kappa shape index (κ1) is 18.1. The van der Waals surface area contributed by atoms with Gasteiger partial charge in [0, 0.05) is 37.2 Å². The lowest BCUT2D eigenvalue weighted by atomic mass is 10.2. The van der Waals surface area contributed by atoms with Crippen LogP contribution in [0.25, 0.3) is 0 Å². The highest BCUT2D eigenvalue weighted by Gasteiger charge is 2.11. The van der Waals surface area contributed by atoms with Crippen LogP contribution in [-0.2, 0) is 4.79 Å². The number of nitro benzene ring substituents is 1. The Hall–Kier alpha value is -2.92. The lowest BCUT2D eigenvalue weighted by Crippen LogP contribution is -2.17. The Kier molecular flexibility index (Phi) is 7.82. The summed E-state index contributed by atoms with van der Waals surface area (Å²) in [6.07, 6.45) is 3.68. The number of nitrogens with zero attached hydrogens (tertiary/aromatic N) is 2. The van der Waals surface area contributed by atoms with Crippen LogP contribution in [0.2, 0.25) is 0 Å². The van der Waals surface area contributed by atoms with E-state index in [9.17, 15) is 14.9 Å². The molecule has 0 radical (unpaired) electrons. The van der Waals surface area contributed by atoms with Crippen LogP contribution in [0, 0.1) is 21.4 Å². The number of amides is 1. The highest BCUT2D eigenvalue weighted by Crippen LogP contribution is 2.17. The number of rotatable bonds is 9. The normalized spacial score (nSPS) is 10.7. The average molecular weight is 318 g/mol. The van der Waals surface area contributed by atoms with Crippen molar-refractivity contribution < 1.29 is 14.8 Å². The number of non-ortho nitro benzene ring substituents is 1. The minimum atomic E-state index is -0.643. The van der Waals surface area contributed by atoms with E-state index in [1.165, 1.54) is 30.5 Å². The van der Waals surface area contributed by atoms with Crippen molar-refractivity contribution in [1.29, 1.82) is 5.26 Å². The first-order chi connectivity index (χ1) is 11.1. The van der Waals surface area contributed by atoms with E-state index >= 15 is 0 Å². The molecule has 1 aromatic rings. The summed E-state index contributed by atoms with van der Waals surface area (Å²) in [6.45, 7) is 0.722. The quantitative estimate of drug-likeness (QED) is 0.209. The fourth-order valence-electron chi connectivity index (χ4n) is 1.73. The predicted molar refractivity (Wildman–Crippen MR) is 84.4 cm³/mol. The maximum absolute atomic E-state index is 11.9. The lowest BCUT2D eigenvalue weighted by Gasteiger charge is -2.05. The van der Waals surface area contributed by atoms with Gasteiger partial charge in [-0.1, -0.05) is 6.07 Å². The van der Waals surface area contributed by atoms with Crippen LogP contribution in [0.4, 0.5) is 11.4 Å². The molecule has 23 heavy (non-hydrogen) atoms. The second-order valence-electron chi connectivity index (χ2n) is 4.67. The van der Waals surface area contributed by atoms with E-state index < -0.39 is 10.8 Å². The first-order valence-corrected chi connectivity index (χ1v) is 7.08. The maximum Gasteiger partial charge on any atom is 0.271 e. The van der Waals surface area contributed by atoms with E-state index in [1.54, 1.807) is 6.07 Å². The van der Waals surface area contributed by atoms with Crippen molar-refractivity contribution in [2.24, 2.45) is 0 Å². The monoisotopic (exact) mass is 318 g/mol. The summed E-state index contributed by atoms with van der Waals surface area (Å²) in [5.74, 6) is -0.643. The van der Waals surface area contributed by atoms with Crippen molar-refractivity contribution in [1.82, 2.24) is 5.32 Å². The molecular formula is C15H18N4O4. The molecule has 0 bridgehead atoms. The Labute approximate surface area is 133 Å². The van der Waals surface area contributed by atoms with Crippen molar-refractivity contribution in [3.63, 3.8) is 0 Å². The SMILES string of the molecule is N#C/C(=C/NCCCCCO)C(=O)Nc1cccc([N+](=O)[O-])c1. The Morgan fingerprint density at radius 1 is 1.39 bits per heavy atom. The van der Waals surface area contributed by atoms with Crippen molar-refractivity contribution in [3.05, 3.63) is 46.2 Å². The number of hydrogen-bond donors (Lipinski definition) is 3. The molecule has 0 saturated carbocycles. The summed E-state index contributed by atoms with van der Waals surface area (Å²) < 4.78 is 0. The third kappa shape index (κ3) is 6.58. The fraction of sp³-hybridized carbons (Fsp3) is 0.333. The van der Waals surface area contributed by atoms with Crippen molar-refractivity contribution in [2.75, 3.05) is 18.5 Å². The summed E-state index contributed by atoms with van der Waals surface area (Å²) in [5, 5.41) is 33.6. The van der Waals surface area contributed by atoms with Crippen LogP contribution in [-0.4, -0.2) is 29.1 Å². The molecule has 0 saturated heterocycles. The zero-order valence-corrected chi connectivity index (χ0v) is 12.5. The van der Waals surface area contributed by atoms with Gasteiger partial charge >= 0.3 is 0 Å². The lowest BCUT2D eigenvalue weighted by molar-refractivity contribution is -0.384. The van der Waals surface area contributed by atoms with Gasteiger partial charge in [-0.05, 0) is 25.3 Å². The summed E-state index contributed by atoms with van der Waals surface area (Å²) >= 11 is 0. The van der Waals surface area contributed by atoms with E-state index in [4.69, 9.17) is 10.4 Å². The average Bonchev–Trinajstić information content (AvgIpc) is 2.54. The van der Waals surface area contributed by atoms with Crippen LogP contribution in [0.1, 0.15) is 19.3 Å². The molecule has 1 aromatic carbocycles. The van der Waals surface area contributed by atoms with Crippen molar-refractivity contribution >= 4 is 17.3 Å². The summed E-state index contributed by atoms with van der Waals surface area (Å²) in [4.78, 5) is 22.1. The highest BCUT2D eigenvalue weighted by molar-refractivity contribution is 6.06. The maximum atomic E-state index is 11.9. The van der Waals surface area contributed by atoms with Crippen molar-refractivity contribution in [3.8, 4) is 6.07 Å². The van der Waals surface area contributed by atoms with E-state index in [0.29, 0.717) is 13.0 Å². The van der Waals surface area contributed by atoms with Gasteiger partial charge in [-0.2, -0.15) is 5.26 Å². The number of nitro groups is 1. The number of aliphatic hydroxyl groups excluding tert-OH is 1. The van der Waals surface area contributed by atoms with Crippen LogP contribution in [0.15, 0.2) is 36.0 Å². The largest absolute Gasteiger partial charge is 0.396 e. The summed E-state index contributed by atoms with van der Waals surface area (Å²) in [5.41, 5.74) is -0.0285. The number of aliphatic hydroxyl groups is 1. The molecule has 122 valence electrons. The number of carbonyl (C=O) groups excluding carboxylic acids is 1. The molecule has 0 aliphatic rings. The molecule has 0 aromatic heterocycles. The number of carbonyl (C=O) groups is 1. The van der Waals surface area contributed by atoms with Gasteiger partial charge in [0.15, 0.2) is 0 Å². The van der Waals surface area contributed by atoms with E-state index in [2.05, 4.69) is 10.6 Å². The molecular weight excluding hydrogens is 300 g/mol. The number of anilines is 1. The van der Waals surface area contributed by atoms with Gasteiger partial charge in [-0.15, -0.1) is 0 Å². The molecule has 1 rings (SSSR count). The van der Waals surface area contributed by atoms with Gasteiger partial charge in [0.05, 0.1) is 4.92 Å². The smallest absolute Gasteiger partial charge is 0.271 e. The van der Waals surface area contributed by atoms with Crippen LogP contribution in [0.5, 0.6) is 0 Å². The van der Waals surface area contributed by atoms with Crippen LogP contribution < -0.4 is 10.6 Å². The van der Waals surface area contributed by atoms with E-state index in [1.807, 2.05) is 0 Å². The Morgan fingerprint density at radius 2 is 2.17 bits per heavy atom. The van der Waals surface area contributed by atoms with Crippen LogP contribution >= 0.6 is 0 Å². The summed E-state index contributed by atoms with van der Waals surface area (Å²) in [6, 6.07) is 7.25. The van der Waals surface area contributed by atoms with Gasteiger partial charge in [0.2, 0.25) is 0 Å². The third-order valence-corrected chi connectivity index (χ3v) is 2.91. The molecule has 8 heteroatoms. The molecule has 0 spiro atoms. The molecule has 0 heterocycles. The van der Waals surface area contributed by atoms with Gasteiger partial charge < -0.3 is 15.7 Å². The van der Waals surface area contributed by atoms with Gasteiger partial charge in [-0.3, -0.25) is 14.9 Å². The molecule has 1 amide bonds. The minimum Gasteiger partial charge on any atom is -0.396 e. The number of benzene rings is 1. The van der Waals surface area contributed by atoms with Gasteiger partial charge in [-0.25, -0.2) is 0 Å².